The lowest BCUT2D eigenvalue weighted by molar-refractivity contribution is -0.148. The Bertz CT molecular complexity index is 765. The molecule has 2 aromatic rings. The predicted molar refractivity (Wildman–Crippen MR) is 92.1 cm³/mol. The van der Waals surface area contributed by atoms with Gasteiger partial charge in [-0.1, -0.05) is 49.4 Å². The SMILES string of the molecule is CCCOC(=O)[C@H](Cc1ccccc1)N1C(=O)c2ccccc2C1=O. The molecule has 1 atom stereocenters. The number of amides is 2. The zero-order valence-corrected chi connectivity index (χ0v) is 14.0. The van der Waals surface area contributed by atoms with E-state index >= 15 is 0 Å². The molecule has 2 aromatic carbocycles. The maximum absolute atomic E-state index is 12.7. The van der Waals surface area contributed by atoms with E-state index in [9.17, 15) is 14.4 Å². The Morgan fingerprint density at radius 2 is 1.52 bits per heavy atom. The Labute approximate surface area is 146 Å². The summed E-state index contributed by atoms with van der Waals surface area (Å²) in [5.41, 5.74) is 1.51. The topological polar surface area (TPSA) is 63.7 Å². The Balaban J connectivity index is 1.93. The predicted octanol–water partition coefficient (Wildman–Crippen LogP) is 2.85. The van der Waals surface area contributed by atoms with Gasteiger partial charge >= 0.3 is 5.97 Å². The third-order valence-corrected chi connectivity index (χ3v) is 4.13. The average molecular weight is 337 g/mol. The van der Waals surface area contributed by atoms with Crippen molar-refractivity contribution in [1.82, 2.24) is 4.90 Å². The first-order valence-electron chi connectivity index (χ1n) is 8.31. The van der Waals surface area contributed by atoms with Gasteiger partial charge in [0.15, 0.2) is 0 Å². The molecule has 5 nitrogen and oxygen atoms in total. The van der Waals surface area contributed by atoms with Crippen LogP contribution in [0.3, 0.4) is 0 Å². The second-order valence-electron chi connectivity index (χ2n) is 5.90. The van der Waals surface area contributed by atoms with Crippen LogP contribution in [0, 0.1) is 0 Å². The van der Waals surface area contributed by atoms with Crippen LogP contribution < -0.4 is 0 Å². The Hall–Kier alpha value is -2.95. The number of rotatable bonds is 6. The first-order valence-corrected chi connectivity index (χ1v) is 8.31. The minimum atomic E-state index is -0.971. The smallest absolute Gasteiger partial charge is 0.329 e. The summed E-state index contributed by atoms with van der Waals surface area (Å²) in [6.45, 7) is 2.15. The van der Waals surface area contributed by atoms with Crippen molar-refractivity contribution in [2.75, 3.05) is 6.61 Å². The highest BCUT2D eigenvalue weighted by atomic mass is 16.5. The second kappa shape index (κ2) is 7.30. The highest BCUT2D eigenvalue weighted by Crippen LogP contribution is 2.26. The summed E-state index contributed by atoms with van der Waals surface area (Å²) in [5.74, 6) is -1.45. The summed E-state index contributed by atoms with van der Waals surface area (Å²) in [7, 11) is 0. The van der Waals surface area contributed by atoms with Crippen molar-refractivity contribution in [2.45, 2.75) is 25.8 Å². The molecule has 0 N–H and O–H groups in total. The maximum Gasteiger partial charge on any atom is 0.329 e. The molecule has 0 aromatic heterocycles. The standard InChI is InChI=1S/C20H19NO4/c1-2-12-25-20(24)17(13-14-8-4-3-5-9-14)21-18(22)15-10-6-7-11-16(15)19(21)23/h3-11,17H,2,12-13H2,1H3/t17-/m0/s1. The molecular formula is C20H19NO4. The Morgan fingerprint density at radius 1 is 0.960 bits per heavy atom. The molecule has 0 fully saturated rings. The van der Waals surface area contributed by atoms with Gasteiger partial charge < -0.3 is 4.74 Å². The van der Waals surface area contributed by atoms with Crippen molar-refractivity contribution in [1.29, 1.82) is 0 Å². The molecule has 0 unspecified atom stereocenters. The van der Waals surface area contributed by atoms with Gasteiger partial charge in [-0.15, -0.1) is 0 Å². The molecule has 2 amide bonds. The van der Waals surface area contributed by atoms with Crippen LogP contribution in [0.2, 0.25) is 0 Å². The number of hydrogen-bond acceptors (Lipinski definition) is 4. The lowest BCUT2D eigenvalue weighted by Crippen LogP contribution is -2.47. The van der Waals surface area contributed by atoms with E-state index in [-0.39, 0.29) is 13.0 Å². The van der Waals surface area contributed by atoms with E-state index in [1.807, 2.05) is 37.3 Å². The number of hydrogen-bond donors (Lipinski definition) is 0. The van der Waals surface area contributed by atoms with Crippen LogP contribution in [0.25, 0.3) is 0 Å². The van der Waals surface area contributed by atoms with Gasteiger partial charge in [0.05, 0.1) is 17.7 Å². The molecule has 25 heavy (non-hydrogen) atoms. The van der Waals surface area contributed by atoms with Gasteiger partial charge in [-0.2, -0.15) is 0 Å². The van der Waals surface area contributed by atoms with Crippen molar-refractivity contribution in [3.8, 4) is 0 Å². The van der Waals surface area contributed by atoms with E-state index in [0.717, 1.165) is 10.5 Å². The van der Waals surface area contributed by atoms with E-state index in [0.29, 0.717) is 17.5 Å². The molecule has 0 saturated heterocycles. The lowest BCUT2D eigenvalue weighted by atomic mass is 10.0. The number of carbonyl (C=O) groups excluding carboxylic acids is 3. The number of esters is 1. The molecule has 0 radical (unpaired) electrons. The summed E-state index contributed by atoms with van der Waals surface area (Å²) < 4.78 is 5.25. The zero-order valence-electron chi connectivity index (χ0n) is 14.0. The fraction of sp³-hybridized carbons (Fsp3) is 0.250. The molecule has 128 valence electrons. The van der Waals surface area contributed by atoms with Crippen LogP contribution in [-0.2, 0) is 16.0 Å². The van der Waals surface area contributed by atoms with Crippen LogP contribution in [0.15, 0.2) is 54.6 Å². The lowest BCUT2D eigenvalue weighted by Gasteiger charge is -2.24. The average Bonchev–Trinajstić information content (AvgIpc) is 2.90. The third-order valence-electron chi connectivity index (χ3n) is 4.13. The largest absolute Gasteiger partial charge is 0.464 e. The fourth-order valence-corrected chi connectivity index (χ4v) is 2.91. The van der Waals surface area contributed by atoms with Crippen molar-refractivity contribution < 1.29 is 19.1 Å². The van der Waals surface area contributed by atoms with E-state index in [2.05, 4.69) is 0 Å². The second-order valence-corrected chi connectivity index (χ2v) is 5.90. The monoisotopic (exact) mass is 337 g/mol. The quantitative estimate of drug-likeness (QED) is 0.601. The zero-order chi connectivity index (χ0) is 17.8. The van der Waals surface area contributed by atoms with Crippen molar-refractivity contribution >= 4 is 17.8 Å². The van der Waals surface area contributed by atoms with E-state index in [1.165, 1.54) is 0 Å². The summed E-state index contributed by atoms with van der Waals surface area (Å²) in [6, 6.07) is 14.9. The van der Waals surface area contributed by atoms with Gasteiger partial charge in [0.2, 0.25) is 0 Å². The molecular weight excluding hydrogens is 318 g/mol. The number of benzene rings is 2. The molecule has 0 saturated carbocycles. The van der Waals surface area contributed by atoms with Crippen LogP contribution in [-0.4, -0.2) is 35.3 Å². The van der Waals surface area contributed by atoms with Crippen molar-refractivity contribution in [3.05, 3.63) is 71.3 Å². The summed E-state index contributed by atoms with van der Waals surface area (Å²) in [4.78, 5) is 39.0. The van der Waals surface area contributed by atoms with Gasteiger partial charge in [0.1, 0.15) is 6.04 Å². The maximum atomic E-state index is 12.7. The molecule has 3 rings (SSSR count). The highest BCUT2D eigenvalue weighted by molar-refractivity contribution is 6.22. The van der Waals surface area contributed by atoms with E-state index in [4.69, 9.17) is 4.74 Å². The van der Waals surface area contributed by atoms with Crippen LogP contribution in [0.5, 0.6) is 0 Å². The summed E-state index contributed by atoms with van der Waals surface area (Å²) >= 11 is 0. The number of ether oxygens (including phenoxy) is 1. The molecule has 1 aliphatic rings. The molecule has 1 heterocycles. The number of nitrogens with zero attached hydrogens (tertiary/aromatic N) is 1. The normalized spacial score (nSPS) is 14.4. The molecule has 0 bridgehead atoms. The van der Waals surface area contributed by atoms with Crippen molar-refractivity contribution in [3.63, 3.8) is 0 Å². The Morgan fingerprint density at radius 3 is 2.08 bits per heavy atom. The number of imide groups is 1. The molecule has 0 aliphatic carbocycles. The van der Waals surface area contributed by atoms with Gasteiger partial charge in [0, 0.05) is 6.42 Å². The highest BCUT2D eigenvalue weighted by Gasteiger charge is 2.43. The molecule has 1 aliphatic heterocycles. The molecule has 5 heteroatoms. The third kappa shape index (κ3) is 3.31. The van der Waals surface area contributed by atoms with Crippen molar-refractivity contribution in [2.24, 2.45) is 0 Å². The summed E-state index contributed by atoms with van der Waals surface area (Å²) in [6.07, 6.45) is 0.904. The van der Waals surface area contributed by atoms with E-state index in [1.54, 1.807) is 24.3 Å². The first kappa shape index (κ1) is 16.9. The number of carbonyl (C=O) groups is 3. The van der Waals surface area contributed by atoms with Gasteiger partial charge in [0.25, 0.3) is 11.8 Å². The molecule has 0 spiro atoms. The first-order chi connectivity index (χ1) is 12.1. The number of fused-ring (bicyclic) bond motifs is 1. The minimum Gasteiger partial charge on any atom is -0.464 e. The summed E-state index contributed by atoms with van der Waals surface area (Å²) in [5, 5.41) is 0. The van der Waals surface area contributed by atoms with E-state index < -0.39 is 23.8 Å². The van der Waals surface area contributed by atoms with Crippen LogP contribution in [0.4, 0.5) is 0 Å². The van der Waals surface area contributed by atoms with Crippen LogP contribution >= 0.6 is 0 Å². The van der Waals surface area contributed by atoms with Gasteiger partial charge in [-0.05, 0) is 24.1 Å². The van der Waals surface area contributed by atoms with Gasteiger partial charge in [-0.3, -0.25) is 14.5 Å². The van der Waals surface area contributed by atoms with Crippen LogP contribution in [0.1, 0.15) is 39.6 Å². The minimum absolute atomic E-state index is 0.231. The fourth-order valence-electron chi connectivity index (χ4n) is 2.91. The van der Waals surface area contributed by atoms with Gasteiger partial charge in [-0.25, -0.2) is 4.79 Å². The Kier molecular flexibility index (Phi) is 4.93.